The molecule has 2 aliphatic heterocycles. The van der Waals surface area contributed by atoms with Crippen LogP contribution < -0.4 is 19.5 Å². The maximum Gasteiger partial charge on any atom is 0.231 e. The Labute approximate surface area is 156 Å². The van der Waals surface area contributed by atoms with Crippen molar-refractivity contribution >= 4 is 11.0 Å². The molecule has 27 heavy (non-hydrogen) atoms. The summed E-state index contributed by atoms with van der Waals surface area (Å²) in [5.41, 5.74) is 3.22. The van der Waals surface area contributed by atoms with E-state index in [-0.39, 0.29) is 6.04 Å². The molecule has 0 aliphatic carbocycles. The van der Waals surface area contributed by atoms with Crippen LogP contribution in [0.15, 0.2) is 36.4 Å². The predicted molar refractivity (Wildman–Crippen MR) is 99.2 cm³/mol. The number of benzene rings is 2. The fourth-order valence-corrected chi connectivity index (χ4v) is 3.70. The van der Waals surface area contributed by atoms with E-state index < -0.39 is 0 Å². The van der Waals surface area contributed by atoms with E-state index in [2.05, 4.69) is 16.0 Å². The standard InChI is InChI=1S/C20H21N3O4/c1-24-15-3-4-16-17(7-15)23-14(10-25-11-20(23)22-16)9-21-8-13-2-5-18-19(6-13)27-12-26-18/h2-7,14,21H,8-12H2,1H3. The van der Waals surface area contributed by atoms with Crippen molar-refractivity contribution in [2.75, 3.05) is 27.1 Å². The fraction of sp³-hybridized carbons (Fsp3) is 0.350. The van der Waals surface area contributed by atoms with Crippen LogP contribution >= 0.6 is 0 Å². The first kappa shape index (κ1) is 16.4. The Morgan fingerprint density at radius 2 is 2.11 bits per heavy atom. The van der Waals surface area contributed by atoms with Gasteiger partial charge in [0.2, 0.25) is 6.79 Å². The molecular weight excluding hydrogens is 346 g/mol. The molecule has 1 unspecified atom stereocenters. The number of hydrogen-bond donors (Lipinski definition) is 1. The van der Waals surface area contributed by atoms with Gasteiger partial charge in [-0.2, -0.15) is 0 Å². The van der Waals surface area contributed by atoms with E-state index >= 15 is 0 Å². The molecule has 0 bridgehead atoms. The molecule has 7 heteroatoms. The van der Waals surface area contributed by atoms with Gasteiger partial charge in [-0.25, -0.2) is 4.98 Å². The molecule has 0 amide bonds. The third-order valence-corrected chi connectivity index (χ3v) is 5.02. The summed E-state index contributed by atoms with van der Waals surface area (Å²) in [6.45, 7) is 3.02. The summed E-state index contributed by atoms with van der Waals surface area (Å²) >= 11 is 0. The van der Waals surface area contributed by atoms with Gasteiger partial charge in [0, 0.05) is 19.2 Å². The summed E-state index contributed by atoms with van der Waals surface area (Å²) in [5.74, 6) is 3.41. The Kier molecular flexibility index (Phi) is 4.10. The van der Waals surface area contributed by atoms with Crippen LogP contribution in [-0.4, -0.2) is 36.6 Å². The summed E-state index contributed by atoms with van der Waals surface area (Å²) in [6, 6.07) is 12.2. The number of imidazole rings is 1. The van der Waals surface area contributed by atoms with Crippen molar-refractivity contribution in [3.63, 3.8) is 0 Å². The first-order valence-corrected chi connectivity index (χ1v) is 9.03. The molecule has 0 saturated heterocycles. The molecule has 1 atom stereocenters. The van der Waals surface area contributed by atoms with E-state index in [1.165, 1.54) is 0 Å². The molecule has 0 fully saturated rings. The van der Waals surface area contributed by atoms with Gasteiger partial charge in [-0.15, -0.1) is 0 Å². The van der Waals surface area contributed by atoms with Gasteiger partial charge in [0.1, 0.15) is 18.2 Å². The smallest absolute Gasteiger partial charge is 0.231 e. The highest BCUT2D eigenvalue weighted by atomic mass is 16.7. The van der Waals surface area contributed by atoms with E-state index in [1.807, 2.05) is 30.3 Å². The quantitative estimate of drug-likeness (QED) is 0.748. The fourth-order valence-electron chi connectivity index (χ4n) is 3.70. The number of hydrogen-bond acceptors (Lipinski definition) is 6. The molecule has 0 saturated carbocycles. The van der Waals surface area contributed by atoms with Crippen molar-refractivity contribution in [3.05, 3.63) is 47.8 Å². The highest BCUT2D eigenvalue weighted by Gasteiger charge is 2.24. The monoisotopic (exact) mass is 367 g/mol. The minimum Gasteiger partial charge on any atom is -0.497 e. The highest BCUT2D eigenvalue weighted by Crippen LogP contribution is 2.32. The summed E-state index contributed by atoms with van der Waals surface area (Å²) in [7, 11) is 1.68. The number of nitrogens with one attached hydrogen (secondary N) is 1. The molecular formula is C20H21N3O4. The van der Waals surface area contributed by atoms with Crippen LogP contribution in [0.25, 0.3) is 11.0 Å². The third kappa shape index (κ3) is 2.98. The normalized spacial score (nSPS) is 17.9. The lowest BCUT2D eigenvalue weighted by molar-refractivity contribution is 0.0564. The van der Waals surface area contributed by atoms with Gasteiger partial charge in [-0.05, 0) is 29.8 Å². The van der Waals surface area contributed by atoms with Crippen LogP contribution in [0, 0.1) is 0 Å². The van der Waals surface area contributed by atoms with Gasteiger partial charge in [0.25, 0.3) is 0 Å². The van der Waals surface area contributed by atoms with Gasteiger partial charge in [0.05, 0.1) is 30.8 Å². The van der Waals surface area contributed by atoms with Crippen molar-refractivity contribution < 1.29 is 18.9 Å². The lowest BCUT2D eigenvalue weighted by atomic mass is 10.2. The highest BCUT2D eigenvalue weighted by molar-refractivity contribution is 5.78. The third-order valence-electron chi connectivity index (χ3n) is 5.02. The summed E-state index contributed by atoms with van der Waals surface area (Å²) in [5, 5.41) is 3.53. The maximum atomic E-state index is 5.77. The average molecular weight is 367 g/mol. The molecule has 1 aromatic heterocycles. The number of ether oxygens (including phenoxy) is 4. The van der Waals surface area contributed by atoms with E-state index in [0.29, 0.717) is 20.0 Å². The van der Waals surface area contributed by atoms with Gasteiger partial charge in [-0.1, -0.05) is 6.07 Å². The number of methoxy groups -OCH3 is 1. The lowest BCUT2D eigenvalue weighted by Crippen LogP contribution is -2.32. The molecule has 3 heterocycles. The van der Waals surface area contributed by atoms with Crippen molar-refractivity contribution in [2.24, 2.45) is 0 Å². The summed E-state index contributed by atoms with van der Waals surface area (Å²) in [4.78, 5) is 4.71. The van der Waals surface area contributed by atoms with Crippen molar-refractivity contribution in [1.29, 1.82) is 0 Å². The Morgan fingerprint density at radius 3 is 3.04 bits per heavy atom. The minimum absolute atomic E-state index is 0.180. The second kappa shape index (κ2) is 6.75. The van der Waals surface area contributed by atoms with Gasteiger partial charge >= 0.3 is 0 Å². The Balaban J connectivity index is 1.33. The zero-order valence-corrected chi connectivity index (χ0v) is 15.1. The van der Waals surface area contributed by atoms with Crippen molar-refractivity contribution in [3.8, 4) is 17.2 Å². The molecule has 1 N–H and O–H groups in total. The first-order valence-electron chi connectivity index (χ1n) is 9.03. The molecule has 0 spiro atoms. The second-order valence-electron chi connectivity index (χ2n) is 6.74. The van der Waals surface area contributed by atoms with Gasteiger partial charge in [-0.3, -0.25) is 0 Å². The number of nitrogens with zero attached hydrogens (tertiary/aromatic N) is 2. The number of fused-ring (bicyclic) bond motifs is 4. The van der Waals surface area contributed by atoms with Gasteiger partial charge < -0.3 is 28.8 Å². The van der Waals surface area contributed by atoms with E-state index in [1.54, 1.807) is 7.11 Å². The first-order chi connectivity index (χ1) is 13.3. The number of aromatic nitrogens is 2. The van der Waals surface area contributed by atoms with Crippen LogP contribution in [0.4, 0.5) is 0 Å². The zero-order valence-electron chi connectivity index (χ0n) is 15.1. The van der Waals surface area contributed by atoms with Gasteiger partial charge in [0.15, 0.2) is 11.5 Å². The van der Waals surface area contributed by atoms with Crippen LogP contribution in [0.2, 0.25) is 0 Å². The van der Waals surface area contributed by atoms with Crippen LogP contribution in [0.3, 0.4) is 0 Å². The molecule has 140 valence electrons. The molecule has 5 rings (SSSR count). The molecule has 7 nitrogen and oxygen atoms in total. The predicted octanol–water partition coefficient (Wildman–Crippen LogP) is 2.63. The SMILES string of the molecule is COc1ccc2nc3n(c2c1)C(CNCc1ccc2c(c1)OCO2)COC3. The second-order valence-corrected chi connectivity index (χ2v) is 6.74. The van der Waals surface area contributed by atoms with E-state index in [9.17, 15) is 0 Å². The molecule has 3 aromatic rings. The molecule has 0 radical (unpaired) electrons. The molecule has 2 aromatic carbocycles. The Morgan fingerprint density at radius 1 is 1.19 bits per heavy atom. The largest absolute Gasteiger partial charge is 0.497 e. The topological polar surface area (TPSA) is 66.8 Å². The average Bonchev–Trinajstić information content (AvgIpc) is 3.31. The van der Waals surface area contributed by atoms with Crippen LogP contribution in [-0.2, 0) is 17.9 Å². The Hall–Kier alpha value is -2.77. The zero-order chi connectivity index (χ0) is 18.2. The van der Waals surface area contributed by atoms with Crippen LogP contribution in [0.5, 0.6) is 17.2 Å². The minimum atomic E-state index is 0.180. The Bertz CT molecular complexity index is 985. The van der Waals surface area contributed by atoms with E-state index in [0.717, 1.165) is 52.8 Å². The van der Waals surface area contributed by atoms with E-state index in [4.69, 9.17) is 23.9 Å². The number of rotatable bonds is 5. The summed E-state index contributed by atoms with van der Waals surface area (Å²) < 4.78 is 24.2. The van der Waals surface area contributed by atoms with Crippen molar-refractivity contribution in [1.82, 2.24) is 14.9 Å². The lowest BCUT2D eigenvalue weighted by Gasteiger charge is -2.26. The summed E-state index contributed by atoms with van der Waals surface area (Å²) in [6.07, 6.45) is 0. The van der Waals surface area contributed by atoms with Crippen LogP contribution in [0.1, 0.15) is 17.4 Å². The maximum absolute atomic E-state index is 5.77. The molecule has 2 aliphatic rings. The van der Waals surface area contributed by atoms with Crippen molar-refractivity contribution in [2.45, 2.75) is 19.2 Å².